The molecule has 19 heavy (non-hydrogen) atoms. The third-order valence-electron chi connectivity index (χ3n) is 3.04. The van der Waals surface area contributed by atoms with Crippen molar-refractivity contribution in [3.8, 4) is 0 Å². The molecule has 0 aromatic carbocycles. The number of hydrogen-bond donors (Lipinski definition) is 0. The molecule has 1 heterocycles. The minimum Gasteiger partial charge on any atom is -0.469 e. The van der Waals surface area contributed by atoms with Gasteiger partial charge >= 0.3 is 5.97 Å². The maximum Gasteiger partial charge on any atom is 0.307 e. The first-order valence-electron chi connectivity index (χ1n) is 6.53. The Labute approximate surface area is 114 Å². The van der Waals surface area contributed by atoms with E-state index >= 15 is 0 Å². The zero-order chi connectivity index (χ0) is 14.3. The summed E-state index contributed by atoms with van der Waals surface area (Å²) < 4.78 is 6.38. The summed E-state index contributed by atoms with van der Waals surface area (Å²) in [6.07, 6.45) is 9.43. The lowest BCUT2D eigenvalue weighted by Gasteiger charge is -2.01. The van der Waals surface area contributed by atoms with E-state index < -0.39 is 0 Å². The van der Waals surface area contributed by atoms with Crippen molar-refractivity contribution in [2.75, 3.05) is 7.11 Å². The first-order chi connectivity index (χ1) is 9.10. The van der Waals surface area contributed by atoms with Crippen LogP contribution in [0, 0.1) is 0 Å². The molecule has 1 aromatic rings. The number of rotatable bonds is 6. The third kappa shape index (κ3) is 4.73. The van der Waals surface area contributed by atoms with E-state index in [1.54, 1.807) is 4.68 Å². The van der Waals surface area contributed by atoms with Crippen molar-refractivity contribution >= 4 is 11.5 Å². The molecule has 4 heteroatoms. The Morgan fingerprint density at radius 2 is 2.26 bits per heavy atom. The van der Waals surface area contributed by atoms with Gasteiger partial charge in [0.1, 0.15) is 0 Å². The van der Waals surface area contributed by atoms with Crippen LogP contribution in [0.15, 0.2) is 30.1 Å². The Morgan fingerprint density at radius 1 is 1.53 bits per heavy atom. The monoisotopic (exact) mass is 262 g/mol. The van der Waals surface area contributed by atoms with Gasteiger partial charge in [0.15, 0.2) is 0 Å². The number of nitrogens with zero attached hydrogens (tertiary/aromatic N) is 2. The Kier molecular flexibility index (Phi) is 6.06. The summed E-state index contributed by atoms with van der Waals surface area (Å²) in [5.74, 6) is -0.216. The molecule has 0 saturated heterocycles. The molecule has 0 saturated carbocycles. The SMILES string of the molecule is C/C=C(\C=C(/C)c1cnn(CCC(=O)OC)c1)CC. The van der Waals surface area contributed by atoms with E-state index in [9.17, 15) is 4.79 Å². The minimum absolute atomic E-state index is 0.216. The van der Waals surface area contributed by atoms with Gasteiger partial charge in [0.05, 0.1) is 26.3 Å². The Hall–Kier alpha value is -1.84. The molecule has 0 radical (unpaired) electrons. The van der Waals surface area contributed by atoms with E-state index in [1.165, 1.54) is 18.3 Å². The Bertz CT molecular complexity index is 484. The van der Waals surface area contributed by atoms with Crippen LogP contribution < -0.4 is 0 Å². The Balaban J connectivity index is 2.71. The maximum atomic E-state index is 11.1. The highest BCUT2D eigenvalue weighted by atomic mass is 16.5. The summed E-state index contributed by atoms with van der Waals surface area (Å²) in [6.45, 7) is 6.80. The van der Waals surface area contributed by atoms with E-state index in [0.717, 1.165) is 12.0 Å². The van der Waals surface area contributed by atoms with Crippen LogP contribution in [-0.4, -0.2) is 22.9 Å². The quantitative estimate of drug-likeness (QED) is 0.584. The highest BCUT2D eigenvalue weighted by Crippen LogP contribution is 2.16. The van der Waals surface area contributed by atoms with Crippen molar-refractivity contribution in [3.63, 3.8) is 0 Å². The Morgan fingerprint density at radius 3 is 2.84 bits per heavy atom. The van der Waals surface area contributed by atoms with Crippen molar-refractivity contribution in [2.24, 2.45) is 0 Å². The fourth-order valence-electron chi connectivity index (χ4n) is 1.75. The van der Waals surface area contributed by atoms with Crippen LogP contribution in [0.25, 0.3) is 5.57 Å². The second-order valence-corrected chi connectivity index (χ2v) is 4.36. The number of methoxy groups -OCH3 is 1. The summed E-state index contributed by atoms with van der Waals surface area (Å²) in [5, 5.41) is 4.25. The number of allylic oxidation sites excluding steroid dienone is 4. The number of carbonyl (C=O) groups is 1. The second kappa shape index (κ2) is 7.56. The van der Waals surface area contributed by atoms with Crippen molar-refractivity contribution in [1.82, 2.24) is 9.78 Å². The van der Waals surface area contributed by atoms with Gasteiger partial charge in [-0.3, -0.25) is 9.48 Å². The van der Waals surface area contributed by atoms with Gasteiger partial charge in [-0.2, -0.15) is 5.10 Å². The van der Waals surface area contributed by atoms with Crippen LogP contribution in [0.2, 0.25) is 0 Å². The minimum atomic E-state index is -0.216. The number of hydrogen-bond acceptors (Lipinski definition) is 3. The molecule has 1 rings (SSSR count). The average molecular weight is 262 g/mol. The van der Waals surface area contributed by atoms with Gasteiger partial charge < -0.3 is 4.74 Å². The van der Waals surface area contributed by atoms with Gasteiger partial charge in [-0.25, -0.2) is 0 Å². The third-order valence-corrected chi connectivity index (χ3v) is 3.04. The smallest absolute Gasteiger partial charge is 0.307 e. The van der Waals surface area contributed by atoms with Crippen LogP contribution >= 0.6 is 0 Å². The molecule has 1 aromatic heterocycles. The molecule has 0 spiro atoms. The van der Waals surface area contributed by atoms with Crippen LogP contribution in [-0.2, 0) is 16.1 Å². The summed E-state index contributed by atoms with van der Waals surface area (Å²) in [7, 11) is 1.40. The lowest BCUT2D eigenvalue weighted by Crippen LogP contribution is -2.07. The topological polar surface area (TPSA) is 44.1 Å². The molecule has 0 fully saturated rings. The molecule has 0 amide bonds. The molecule has 0 bridgehead atoms. The highest BCUT2D eigenvalue weighted by molar-refractivity contribution is 5.69. The van der Waals surface area contributed by atoms with E-state index in [4.69, 9.17) is 0 Å². The lowest BCUT2D eigenvalue weighted by molar-refractivity contribution is -0.140. The summed E-state index contributed by atoms with van der Waals surface area (Å²) in [6, 6.07) is 0. The fraction of sp³-hybridized carbons (Fsp3) is 0.467. The molecule has 0 atom stereocenters. The zero-order valence-electron chi connectivity index (χ0n) is 12.1. The van der Waals surface area contributed by atoms with Crippen LogP contribution in [0.3, 0.4) is 0 Å². The summed E-state index contributed by atoms with van der Waals surface area (Å²) >= 11 is 0. The van der Waals surface area contributed by atoms with Crippen LogP contribution in [0.1, 0.15) is 39.2 Å². The van der Waals surface area contributed by atoms with E-state index in [-0.39, 0.29) is 5.97 Å². The van der Waals surface area contributed by atoms with Crippen LogP contribution in [0.5, 0.6) is 0 Å². The molecule has 0 N–H and O–H groups in total. The zero-order valence-corrected chi connectivity index (χ0v) is 12.1. The standard InChI is InChI=1S/C15H22N2O2/c1-5-13(6-2)9-12(3)14-10-16-17(11-14)8-7-15(18)19-4/h5,9-11H,6-8H2,1-4H3/b12-9+,13-5-. The second-order valence-electron chi connectivity index (χ2n) is 4.36. The number of esters is 1. The lowest BCUT2D eigenvalue weighted by atomic mass is 10.1. The highest BCUT2D eigenvalue weighted by Gasteiger charge is 2.04. The predicted molar refractivity (Wildman–Crippen MR) is 76.6 cm³/mol. The predicted octanol–water partition coefficient (Wildman–Crippen LogP) is 3.21. The molecular formula is C15H22N2O2. The van der Waals surface area contributed by atoms with Crippen molar-refractivity contribution in [1.29, 1.82) is 0 Å². The number of carbonyl (C=O) groups excluding carboxylic acids is 1. The van der Waals surface area contributed by atoms with E-state index in [1.807, 2.05) is 19.3 Å². The normalized spacial score (nSPS) is 12.6. The maximum absolute atomic E-state index is 11.1. The first-order valence-corrected chi connectivity index (χ1v) is 6.53. The van der Waals surface area contributed by atoms with Crippen molar-refractivity contribution in [2.45, 2.75) is 40.2 Å². The van der Waals surface area contributed by atoms with E-state index in [0.29, 0.717) is 13.0 Å². The number of aromatic nitrogens is 2. The van der Waals surface area contributed by atoms with E-state index in [2.05, 4.69) is 35.8 Å². The van der Waals surface area contributed by atoms with Gasteiger partial charge in [0, 0.05) is 11.8 Å². The molecular weight excluding hydrogens is 240 g/mol. The van der Waals surface area contributed by atoms with Crippen molar-refractivity contribution in [3.05, 3.63) is 35.7 Å². The number of aryl methyl sites for hydroxylation is 1. The van der Waals surface area contributed by atoms with Crippen molar-refractivity contribution < 1.29 is 9.53 Å². The van der Waals surface area contributed by atoms with Gasteiger partial charge in [0.25, 0.3) is 0 Å². The van der Waals surface area contributed by atoms with Gasteiger partial charge in [-0.15, -0.1) is 0 Å². The fourth-order valence-corrected chi connectivity index (χ4v) is 1.75. The first kappa shape index (κ1) is 15.2. The summed E-state index contributed by atoms with van der Waals surface area (Å²) in [5.41, 5.74) is 3.57. The van der Waals surface area contributed by atoms with Crippen LogP contribution in [0.4, 0.5) is 0 Å². The average Bonchev–Trinajstić information content (AvgIpc) is 2.90. The van der Waals surface area contributed by atoms with Gasteiger partial charge in [-0.05, 0) is 25.8 Å². The summed E-state index contributed by atoms with van der Waals surface area (Å²) in [4.78, 5) is 11.1. The van der Waals surface area contributed by atoms with Gasteiger partial charge in [0.2, 0.25) is 0 Å². The van der Waals surface area contributed by atoms with Gasteiger partial charge in [-0.1, -0.05) is 24.6 Å². The number of ether oxygens (including phenoxy) is 1. The molecule has 0 aliphatic heterocycles. The molecule has 0 unspecified atom stereocenters. The molecule has 0 aliphatic carbocycles. The molecule has 104 valence electrons. The molecule has 4 nitrogen and oxygen atoms in total. The molecule has 0 aliphatic rings. The largest absolute Gasteiger partial charge is 0.469 e.